The quantitative estimate of drug-likeness (QED) is 0.623. The smallest absolute Gasteiger partial charge is 0.324 e. The van der Waals surface area contributed by atoms with Crippen LogP contribution in [0.3, 0.4) is 0 Å². The summed E-state index contributed by atoms with van der Waals surface area (Å²) in [4.78, 5) is 41.9. The average molecular weight is 396 g/mol. The van der Waals surface area contributed by atoms with E-state index < -0.39 is 12.1 Å². The zero-order valence-electron chi connectivity index (χ0n) is 16.3. The fraction of sp³-hybridized carbons (Fsp3) is 0.333. The van der Waals surface area contributed by atoms with Crippen LogP contribution >= 0.6 is 0 Å². The first-order valence-electron chi connectivity index (χ1n) is 9.47. The number of pyridine rings is 1. The summed E-state index contributed by atoms with van der Waals surface area (Å²) in [5.41, 5.74) is 2.05. The summed E-state index contributed by atoms with van der Waals surface area (Å²) in [5, 5.41) is 5.38. The maximum atomic E-state index is 12.5. The number of methoxy groups -OCH3 is 1. The molecule has 1 aliphatic rings. The molecule has 1 aromatic carbocycles. The standard InChI is InChI=1S/C21H24N4O4/c1-29-17-4-2-15(3-5-17)9-13-25-20(27)18(24-21(25)28)14-19(26)23-12-8-16-6-10-22-11-7-16/h2-7,10-11,18H,8-9,12-14H2,1H3,(H,23,26)(H,24,28)/t18-/m1/s1. The van der Waals surface area contributed by atoms with Gasteiger partial charge in [0, 0.05) is 25.5 Å². The van der Waals surface area contributed by atoms with Gasteiger partial charge in [-0.1, -0.05) is 12.1 Å². The molecule has 1 aliphatic heterocycles. The lowest BCUT2D eigenvalue weighted by Crippen LogP contribution is -2.37. The average Bonchev–Trinajstić information content (AvgIpc) is 3.00. The fourth-order valence-electron chi connectivity index (χ4n) is 3.11. The van der Waals surface area contributed by atoms with E-state index in [4.69, 9.17) is 4.74 Å². The minimum Gasteiger partial charge on any atom is -0.497 e. The molecule has 2 heterocycles. The van der Waals surface area contributed by atoms with Gasteiger partial charge in [-0.25, -0.2) is 4.79 Å². The van der Waals surface area contributed by atoms with Gasteiger partial charge in [-0.2, -0.15) is 0 Å². The van der Waals surface area contributed by atoms with Crippen molar-refractivity contribution >= 4 is 17.8 Å². The second kappa shape index (κ2) is 9.68. The molecule has 3 rings (SSSR count). The number of imide groups is 1. The number of benzene rings is 1. The van der Waals surface area contributed by atoms with Gasteiger partial charge in [0.15, 0.2) is 0 Å². The third-order valence-corrected chi connectivity index (χ3v) is 4.76. The molecule has 0 saturated carbocycles. The number of nitrogens with zero attached hydrogens (tertiary/aromatic N) is 2. The first-order chi connectivity index (χ1) is 14.1. The predicted molar refractivity (Wildman–Crippen MR) is 106 cm³/mol. The number of hydrogen-bond acceptors (Lipinski definition) is 5. The van der Waals surface area contributed by atoms with Crippen LogP contribution in [0.2, 0.25) is 0 Å². The Hall–Kier alpha value is -3.42. The summed E-state index contributed by atoms with van der Waals surface area (Å²) in [6, 6.07) is 9.94. The number of amides is 4. The zero-order valence-corrected chi connectivity index (χ0v) is 16.3. The number of carbonyl (C=O) groups excluding carboxylic acids is 3. The van der Waals surface area contributed by atoms with Crippen molar-refractivity contribution in [2.45, 2.75) is 25.3 Å². The van der Waals surface area contributed by atoms with E-state index in [1.165, 1.54) is 4.90 Å². The van der Waals surface area contributed by atoms with Gasteiger partial charge >= 0.3 is 6.03 Å². The van der Waals surface area contributed by atoms with Gasteiger partial charge in [-0.15, -0.1) is 0 Å². The zero-order chi connectivity index (χ0) is 20.6. The maximum Gasteiger partial charge on any atom is 0.324 e. The highest BCUT2D eigenvalue weighted by molar-refractivity contribution is 6.05. The highest BCUT2D eigenvalue weighted by Gasteiger charge is 2.38. The lowest BCUT2D eigenvalue weighted by atomic mass is 10.1. The number of urea groups is 1. The Kier molecular flexibility index (Phi) is 6.78. The van der Waals surface area contributed by atoms with Crippen LogP contribution in [0.1, 0.15) is 17.5 Å². The lowest BCUT2D eigenvalue weighted by Gasteiger charge is -2.13. The Bertz CT molecular complexity index is 855. The molecular formula is C21H24N4O4. The molecule has 1 fully saturated rings. The molecule has 1 saturated heterocycles. The van der Waals surface area contributed by atoms with Gasteiger partial charge in [-0.05, 0) is 48.2 Å². The first kappa shape index (κ1) is 20.3. The fourth-order valence-corrected chi connectivity index (χ4v) is 3.11. The molecule has 152 valence electrons. The van der Waals surface area contributed by atoms with E-state index in [-0.39, 0.29) is 24.8 Å². The summed E-state index contributed by atoms with van der Waals surface area (Å²) >= 11 is 0. The number of ether oxygens (including phenoxy) is 1. The van der Waals surface area contributed by atoms with Crippen LogP contribution in [-0.4, -0.2) is 54.0 Å². The predicted octanol–water partition coefficient (Wildman–Crippen LogP) is 1.30. The number of carbonyl (C=O) groups is 3. The van der Waals surface area contributed by atoms with E-state index in [1.54, 1.807) is 19.5 Å². The second-order valence-electron chi connectivity index (χ2n) is 6.75. The van der Waals surface area contributed by atoms with E-state index in [0.29, 0.717) is 19.4 Å². The molecule has 0 unspecified atom stereocenters. The summed E-state index contributed by atoms with van der Waals surface area (Å²) in [7, 11) is 1.59. The van der Waals surface area contributed by atoms with Gasteiger partial charge in [0.25, 0.3) is 5.91 Å². The van der Waals surface area contributed by atoms with E-state index in [2.05, 4.69) is 15.6 Å². The van der Waals surface area contributed by atoms with Crippen LogP contribution in [0.4, 0.5) is 4.79 Å². The minimum absolute atomic E-state index is 0.0695. The summed E-state index contributed by atoms with van der Waals surface area (Å²) < 4.78 is 5.12. The van der Waals surface area contributed by atoms with Crippen molar-refractivity contribution in [1.29, 1.82) is 0 Å². The minimum atomic E-state index is -0.820. The molecule has 0 bridgehead atoms. The summed E-state index contributed by atoms with van der Waals surface area (Å²) in [6.45, 7) is 0.718. The van der Waals surface area contributed by atoms with Gasteiger partial charge in [0.1, 0.15) is 11.8 Å². The Labute approximate surface area is 169 Å². The number of hydrogen-bond donors (Lipinski definition) is 2. The Balaban J connectivity index is 1.44. The normalized spacial score (nSPS) is 15.9. The van der Waals surface area contributed by atoms with E-state index in [1.807, 2.05) is 36.4 Å². The van der Waals surface area contributed by atoms with Crippen LogP contribution < -0.4 is 15.4 Å². The van der Waals surface area contributed by atoms with E-state index in [0.717, 1.165) is 16.9 Å². The van der Waals surface area contributed by atoms with Crippen molar-refractivity contribution in [1.82, 2.24) is 20.5 Å². The second-order valence-corrected chi connectivity index (χ2v) is 6.75. The Morgan fingerprint density at radius 3 is 2.48 bits per heavy atom. The Morgan fingerprint density at radius 1 is 1.10 bits per heavy atom. The van der Waals surface area contributed by atoms with Crippen molar-refractivity contribution in [3.63, 3.8) is 0 Å². The molecule has 2 aromatic rings. The SMILES string of the molecule is COc1ccc(CCN2C(=O)N[C@H](CC(=O)NCCc3ccncc3)C2=O)cc1. The first-order valence-corrected chi connectivity index (χ1v) is 9.47. The number of rotatable bonds is 9. The van der Waals surface area contributed by atoms with Crippen molar-refractivity contribution in [3.05, 3.63) is 59.9 Å². The van der Waals surface area contributed by atoms with Gasteiger partial charge in [-0.3, -0.25) is 19.5 Å². The van der Waals surface area contributed by atoms with Crippen LogP contribution in [0.5, 0.6) is 5.75 Å². The maximum absolute atomic E-state index is 12.5. The van der Waals surface area contributed by atoms with Gasteiger partial charge in [0.05, 0.1) is 13.5 Å². The molecule has 0 aliphatic carbocycles. The van der Waals surface area contributed by atoms with E-state index in [9.17, 15) is 14.4 Å². The molecule has 2 N–H and O–H groups in total. The van der Waals surface area contributed by atoms with Gasteiger partial charge in [0.2, 0.25) is 5.91 Å². The molecule has 1 atom stereocenters. The number of nitrogens with one attached hydrogen (secondary N) is 2. The third kappa shape index (κ3) is 5.54. The topological polar surface area (TPSA) is 101 Å². The van der Waals surface area contributed by atoms with Crippen LogP contribution in [0.15, 0.2) is 48.8 Å². The highest BCUT2D eigenvalue weighted by atomic mass is 16.5. The lowest BCUT2D eigenvalue weighted by molar-refractivity contribution is -0.130. The van der Waals surface area contributed by atoms with E-state index >= 15 is 0 Å². The molecular weight excluding hydrogens is 372 g/mol. The molecule has 8 heteroatoms. The molecule has 0 radical (unpaired) electrons. The monoisotopic (exact) mass is 396 g/mol. The van der Waals surface area contributed by atoms with Crippen LogP contribution in [-0.2, 0) is 22.4 Å². The summed E-state index contributed by atoms with van der Waals surface area (Å²) in [5.74, 6) is 0.112. The van der Waals surface area contributed by atoms with Crippen LogP contribution in [0, 0.1) is 0 Å². The molecule has 29 heavy (non-hydrogen) atoms. The summed E-state index contributed by atoms with van der Waals surface area (Å²) in [6.07, 6.45) is 4.54. The van der Waals surface area contributed by atoms with Crippen molar-refractivity contribution in [2.24, 2.45) is 0 Å². The highest BCUT2D eigenvalue weighted by Crippen LogP contribution is 2.14. The number of aromatic nitrogens is 1. The van der Waals surface area contributed by atoms with Crippen molar-refractivity contribution < 1.29 is 19.1 Å². The third-order valence-electron chi connectivity index (χ3n) is 4.76. The van der Waals surface area contributed by atoms with Gasteiger partial charge < -0.3 is 15.4 Å². The van der Waals surface area contributed by atoms with Crippen LogP contribution in [0.25, 0.3) is 0 Å². The molecule has 0 spiro atoms. The van der Waals surface area contributed by atoms with Crippen molar-refractivity contribution in [3.8, 4) is 5.75 Å². The van der Waals surface area contributed by atoms with Crippen molar-refractivity contribution in [2.75, 3.05) is 20.2 Å². The largest absolute Gasteiger partial charge is 0.497 e. The molecule has 1 aromatic heterocycles. The Morgan fingerprint density at radius 2 is 1.79 bits per heavy atom. The molecule has 8 nitrogen and oxygen atoms in total. The molecule has 4 amide bonds.